The van der Waals surface area contributed by atoms with Crippen molar-refractivity contribution in [3.05, 3.63) is 34.3 Å². The SMILES string of the molecule is CCc1nnc(Sc2nnc(-c3cccs3)n2C)c(C#N)c1CC. The van der Waals surface area contributed by atoms with E-state index in [1.807, 2.05) is 43.0 Å². The molecule has 3 aromatic rings. The highest BCUT2D eigenvalue weighted by Gasteiger charge is 2.19. The molecule has 8 heteroatoms. The molecule has 0 fully saturated rings. The molecule has 3 aromatic heterocycles. The van der Waals surface area contributed by atoms with Gasteiger partial charge in [0.05, 0.1) is 16.1 Å². The topological polar surface area (TPSA) is 80.3 Å². The van der Waals surface area contributed by atoms with Crippen molar-refractivity contribution >= 4 is 23.1 Å². The molecule has 0 aliphatic carbocycles. The Kier molecular flexibility index (Phi) is 4.92. The van der Waals surface area contributed by atoms with E-state index >= 15 is 0 Å². The van der Waals surface area contributed by atoms with Gasteiger partial charge in [-0.25, -0.2) is 0 Å². The summed E-state index contributed by atoms with van der Waals surface area (Å²) in [5.74, 6) is 0.805. The van der Waals surface area contributed by atoms with Gasteiger partial charge in [0.15, 0.2) is 11.0 Å². The Hall–Kier alpha value is -2.24. The molecule has 6 nitrogen and oxygen atoms in total. The summed E-state index contributed by atoms with van der Waals surface area (Å²) in [5.41, 5.74) is 2.45. The Labute approximate surface area is 148 Å². The first-order chi connectivity index (χ1) is 11.7. The van der Waals surface area contributed by atoms with Gasteiger partial charge in [-0.15, -0.1) is 26.6 Å². The first-order valence-corrected chi connectivity index (χ1v) is 9.28. The van der Waals surface area contributed by atoms with Crippen LogP contribution in [-0.4, -0.2) is 25.0 Å². The molecule has 3 heterocycles. The van der Waals surface area contributed by atoms with Crippen LogP contribution in [-0.2, 0) is 19.9 Å². The Morgan fingerprint density at radius 2 is 2.04 bits per heavy atom. The van der Waals surface area contributed by atoms with E-state index in [2.05, 4.69) is 26.5 Å². The van der Waals surface area contributed by atoms with Crippen LogP contribution in [0.25, 0.3) is 10.7 Å². The van der Waals surface area contributed by atoms with Gasteiger partial charge in [-0.2, -0.15) is 10.4 Å². The monoisotopic (exact) mass is 356 g/mol. The van der Waals surface area contributed by atoms with Crippen molar-refractivity contribution in [2.75, 3.05) is 0 Å². The molecule has 0 bridgehead atoms. The molecule has 0 N–H and O–H groups in total. The summed E-state index contributed by atoms with van der Waals surface area (Å²) in [7, 11) is 1.91. The Morgan fingerprint density at radius 3 is 2.67 bits per heavy atom. The smallest absolute Gasteiger partial charge is 0.197 e. The molecule has 0 saturated heterocycles. The number of thiophene rings is 1. The van der Waals surface area contributed by atoms with Gasteiger partial charge in [0, 0.05) is 7.05 Å². The second-order valence-corrected chi connectivity index (χ2v) is 6.97. The van der Waals surface area contributed by atoms with Crippen LogP contribution in [0.1, 0.15) is 30.7 Å². The molecular weight excluding hydrogens is 340 g/mol. The maximum Gasteiger partial charge on any atom is 0.197 e. The molecule has 24 heavy (non-hydrogen) atoms. The minimum Gasteiger partial charge on any atom is -0.304 e. The molecule has 0 radical (unpaired) electrons. The lowest BCUT2D eigenvalue weighted by atomic mass is 10.1. The molecule has 0 aliphatic rings. The van der Waals surface area contributed by atoms with Crippen molar-refractivity contribution in [2.45, 2.75) is 36.9 Å². The highest BCUT2D eigenvalue weighted by molar-refractivity contribution is 7.99. The molecule has 0 amide bonds. The van der Waals surface area contributed by atoms with E-state index in [0.717, 1.165) is 34.8 Å². The third kappa shape index (κ3) is 2.92. The lowest BCUT2D eigenvalue weighted by Crippen LogP contribution is -2.05. The third-order valence-corrected chi connectivity index (χ3v) is 5.57. The van der Waals surface area contributed by atoms with Gasteiger partial charge in [0.25, 0.3) is 0 Å². The Bertz CT molecular complexity index is 892. The van der Waals surface area contributed by atoms with Gasteiger partial charge in [-0.1, -0.05) is 19.9 Å². The lowest BCUT2D eigenvalue weighted by molar-refractivity contribution is 0.782. The zero-order valence-electron chi connectivity index (χ0n) is 13.6. The summed E-state index contributed by atoms with van der Waals surface area (Å²) >= 11 is 2.95. The first kappa shape index (κ1) is 16.6. The van der Waals surface area contributed by atoms with Crippen molar-refractivity contribution in [1.29, 1.82) is 5.26 Å². The maximum absolute atomic E-state index is 9.58. The van der Waals surface area contributed by atoms with E-state index in [1.54, 1.807) is 11.3 Å². The minimum atomic E-state index is 0.583. The summed E-state index contributed by atoms with van der Waals surface area (Å²) < 4.78 is 1.92. The normalized spacial score (nSPS) is 10.8. The zero-order chi connectivity index (χ0) is 17.1. The second kappa shape index (κ2) is 7.11. The summed E-state index contributed by atoms with van der Waals surface area (Å²) in [6, 6.07) is 6.28. The van der Waals surface area contributed by atoms with E-state index in [9.17, 15) is 5.26 Å². The molecule has 0 aliphatic heterocycles. The van der Waals surface area contributed by atoms with Gasteiger partial charge < -0.3 is 4.57 Å². The molecular formula is C16H16N6S2. The van der Waals surface area contributed by atoms with Crippen LogP contribution in [0.3, 0.4) is 0 Å². The fraction of sp³-hybridized carbons (Fsp3) is 0.312. The second-order valence-electron chi connectivity index (χ2n) is 5.07. The zero-order valence-corrected chi connectivity index (χ0v) is 15.3. The number of nitriles is 1. The average molecular weight is 356 g/mol. The molecule has 0 saturated carbocycles. The fourth-order valence-corrected chi connectivity index (χ4v) is 4.03. The van der Waals surface area contributed by atoms with E-state index in [-0.39, 0.29) is 0 Å². The molecule has 0 spiro atoms. The average Bonchev–Trinajstić information content (AvgIpc) is 3.24. The van der Waals surface area contributed by atoms with Crippen LogP contribution in [0, 0.1) is 11.3 Å². The lowest BCUT2D eigenvalue weighted by Gasteiger charge is -2.09. The largest absolute Gasteiger partial charge is 0.304 e. The van der Waals surface area contributed by atoms with Gasteiger partial charge in [-0.3, -0.25) is 0 Å². The molecule has 122 valence electrons. The van der Waals surface area contributed by atoms with Crippen LogP contribution < -0.4 is 0 Å². The quantitative estimate of drug-likeness (QED) is 0.696. The maximum atomic E-state index is 9.58. The van der Waals surface area contributed by atoms with E-state index in [1.165, 1.54) is 11.8 Å². The van der Waals surface area contributed by atoms with E-state index in [4.69, 9.17) is 0 Å². The van der Waals surface area contributed by atoms with Crippen LogP contribution in [0.4, 0.5) is 0 Å². The first-order valence-electron chi connectivity index (χ1n) is 7.59. The van der Waals surface area contributed by atoms with Crippen molar-refractivity contribution in [3.63, 3.8) is 0 Å². The Morgan fingerprint density at radius 1 is 1.21 bits per heavy atom. The highest BCUT2D eigenvalue weighted by atomic mass is 32.2. The molecule has 0 aromatic carbocycles. The highest BCUT2D eigenvalue weighted by Crippen LogP contribution is 2.32. The van der Waals surface area contributed by atoms with E-state index < -0.39 is 0 Å². The standard InChI is InChI=1S/C16H16N6S2/c1-4-10-11(9-17)15(20-18-12(10)5-2)24-16-21-19-14(22(16)3)13-7-6-8-23-13/h6-8H,4-5H2,1-3H3. The summed E-state index contributed by atoms with van der Waals surface area (Å²) in [6.45, 7) is 4.05. The number of aromatic nitrogens is 5. The van der Waals surface area contributed by atoms with E-state index in [0.29, 0.717) is 15.7 Å². The summed E-state index contributed by atoms with van der Waals surface area (Å²) in [6.07, 6.45) is 1.52. The number of rotatable bonds is 5. The van der Waals surface area contributed by atoms with Crippen molar-refractivity contribution in [1.82, 2.24) is 25.0 Å². The third-order valence-electron chi connectivity index (χ3n) is 3.69. The van der Waals surface area contributed by atoms with Crippen LogP contribution in [0.15, 0.2) is 27.7 Å². The predicted molar refractivity (Wildman–Crippen MR) is 93.9 cm³/mol. The summed E-state index contributed by atoms with van der Waals surface area (Å²) in [5, 5.41) is 29.9. The molecule has 0 unspecified atom stereocenters. The minimum absolute atomic E-state index is 0.583. The predicted octanol–water partition coefficient (Wildman–Crippen LogP) is 3.48. The van der Waals surface area contributed by atoms with Gasteiger partial charge in [-0.05, 0) is 41.6 Å². The van der Waals surface area contributed by atoms with Crippen LogP contribution in [0.5, 0.6) is 0 Å². The Balaban J connectivity index is 2.00. The fourth-order valence-electron chi connectivity index (χ4n) is 2.45. The molecule has 0 atom stereocenters. The van der Waals surface area contributed by atoms with Gasteiger partial charge in [0.2, 0.25) is 0 Å². The van der Waals surface area contributed by atoms with Gasteiger partial charge >= 0.3 is 0 Å². The van der Waals surface area contributed by atoms with Crippen molar-refractivity contribution < 1.29 is 0 Å². The molecule has 3 rings (SSSR count). The van der Waals surface area contributed by atoms with Crippen LogP contribution in [0.2, 0.25) is 0 Å². The number of nitrogens with zero attached hydrogens (tertiary/aromatic N) is 6. The van der Waals surface area contributed by atoms with Crippen LogP contribution >= 0.6 is 23.1 Å². The number of aryl methyl sites for hydroxylation is 1. The number of hydrogen-bond donors (Lipinski definition) is 0. The van der Waals surface area contributed by atoms with Gasteiger partial charge in [0.1, 0.15) is 11.1 Å². The number of hydrogen-bond acceptors (Lipinski definition) is 7. The van der Waals surface area contributed by atoms with Crippen molar-refractivity contribution in [2.24, 2.45) is 7.05 Å². The summed E-state index contributed by atoms with van der Waals surface area (Å²) in [4.78, 5) is 1.05. The van der Waals surface area contributed by atoms with Crippen molar-refractivity contribution in [3.8, 4) is 16.8 Å².